The summed E-state index contributed by atoms with van der Waals surface area (Å²) in [4.78, 5) is 24.5. The van der Waals surface area contributed by atoms with Crippen molar-refractivity contribution < 1.29 is 17.8 Å². The first-order valence-electron chi connectivity index (χ1n) is 8.10. The standard InChI is InChI=1S/C14H34N2O4Si3/c1-13(17)16(14(2)18)12-22(5,6)20-23(7,8)19-21(3,4)11-9-10-15/h9-12,15H2,1-8H3. The van der Waals surface area contributed by atoms with Crippen LogP contribution >= 0.6 is 0 Å². The van der Waals surface area contributed by atoms with Gasteiger partial charge in [0.25, 0.3) is 0 Å². The Balaban J connectivity index is 4.91. The van der Waals surface area contributed by atoms with Crippen molar-refractivity contribution in [2.75, 3.05) is 12.7 Å². The number of carbonyl (C=O) groups is 2. The van der Waals surface area contributed by atoms with Crippen molar-refractivity contribution in [3.63, 3.8) is 0 Å². The monoisotopic (exact) mass is 378 g/mol. The van der Waals surface area contributed by atoms with Gasteiger partial charge in [-0.25, -0.2) is 0 Å². The van der Waals surface area contributed by atoms with Crippen molar-refractivity contribution >= 4 is 37.0 Å². The fourth-order valence-electron chi connectivity index (χ4n) is 2.79. The lowest BCUT2D eigenvalue weighted by molar-refractivity contribution is -0.141. The van der Waals surface area contributed by atoms with Crippen molar-refractivity contribution in [1.82, 2.24) is 4.90 Å². The van der Waals surface area contributed by atoms with Gasteiger partial charge in [-0.1, -0.05) is 0 Å². The average Bonchev–Trinajstić information content (AvgIpc) is 2.30. The lowest BCUT2D eigenvalue weighted by atomic mass is 10.5. The number of carbonyl (C=O) groups excluding carboxylic acids is 2. The van der Waals surface area contributed by atoms with Crippen LogP contribution in [0.25, 0.3) is 0 Å². The summed E-state index contributed by atoms with van der Waals surface area (Å²) in [5, 5.41) is 0. The van der Waals surface area contributed by atoms with Gasteiger partial charge in [0.15, 0.2) is 16.6 Å². The normalized spacial score (nSPS) is 13.1. The topological polar surface area (TPSA) is 81.9 Å². The number of nitrogens with zero attached hydrogens (tertiary/aromatic N) is 1. The lowest BCUT2D eigenvalue weighted by Gasteiger charge is -2.39. The van der Waals surface area contributed by atoms with Crippen molar-refractivity contribution in [1.29, 1.82) is 0 Å². The van der Waals surface area contributed by atoms with Crippen LogP contribution in [0.15, 0.2) is 0 Å². The van der Waals surface area contributed by atoms with Gasteiger partial charge >= 0.3 is 8.56 Å². The highest BCUT2D eigenvalue weighted by Crippen LogP contribution is 2.24. The molecule has 6 nitrogen and oxygen atoms in total. The zero-order valence-electron chi connectivity index (χ0n) is 16.0. The van der Waals surface area contributed by atoms with E-state index >= 15 is 0 Å². The van der Waals surface area contributed by atoms with E-state index in [-0.39, 0.29) is 11.8 Å². The number of hydrogen-bond donors (Lipinski definition) is 1. The molecule has 0 saturated carbocycles. The van der Waals surface area contributed by atoms with Gasteiger partial charge in [0.2, 0.25) is 11.8 Å². The Bertz CT molecular complexity index is 414. The third-order valence-corrected chi connectivity index (χ3v) is 14.3. The molecule has 23 heavy (non-hydrogen) atoms. The zero-order chi connectivity index (χ0) is 18.5. The van der Waals surface area contributed by atoms with Crippen molar-refractivity contribution in [3.05, 3.63) is 0 Å². The van der Waals surface area contributed by atoms with E-state index in [1.165, 1.54) is 18.7 Å². The van der Waals surface area contributed by atoms with E-state index in [4.69, 9.17) is 14.0 Å². The number of imide groups is 1. The molecule has 0 bridgehead atoms. The summed E-state index contributed by atoms with van der Waals surface area (Å²) in [6.07, 6.45) is 1.33. The summed E-state index contributed by atoms with van der Waals surface area (Å²) in [5.41, 5.74) is 5.60. The number of rotatable bonds is 9. The van der Waals surface area contributed by atoms with E-state index in [1.807, 2.05) is 26.2 Å². The molecule has 0 fully saturated rings. The zero-order valence-corrected chi connectivity index (χ0v) is 19.0. The third kappa shape index (κ3) is 9.52. The molecule has 0 aromatic carbocycles. The van der Waals surface area contributed by atoms with Crippen LogP contribution in [0.5, 0.6) is 0 Å². The number of amides is 2. The highest BCUT2D eigenvalue weighted by molar-refractivity contribution is 6.88. The van der Waals surface area contributed by atoms with E-state index < -0.39 is 25.2 Å². The fourth-order valence-corrected chi connectivity index (χ4v) is 16.9. The van der Waals surface area contributed by atoms with Gasteiger partial charge in [0.1, 0.15) is 0 Å². The Labute approximate surface area is 144 Å². The Hall–Kier alpha value is -0.329. The van der Waals surface area contributed by atoms with E-state index in [1.54, 1.807) is 0 Å². The predicted molar refractivity (Wildman–Crippen MR) is 101 cm³/mol. The minimum Gasteiger partial charge on any atom is -0.437 e. The minimum absolute atomic E-state index is 0.236. The van der Waals surface area contributed by atoms with Crippen LogP contribution in [0.1, 0.15) is 20.3 Å². The first kappa shape index (κ1) is 22.7. The summed E-state index contributed by atoms with van der Waals surface area (Å²) in [6.45, 7) is 16.0. The molecular weight excluding hydrogens is 344 g/mol. The highest BCUT2D eigenvalue weighted by atomic mass is 28.5. The Morgan fingerprint density at radius 2 is 1.35 bits per heavy atom. The molecule has 0 heterocycles. The summed E-state index contributed by atoms with van der Waals surface area (Å²) in [6, 6.07) is 1.01. The van der Waals surface area contributed by atoms with Crippen LogP contribution in [0, 0.1) is 0 Å². The third-order valence-electron chi connectivity index (χ3n) is 3.33. The quantitative estimate of drug-likeness (QED) is 0.623. The Morgan fingerprint density at radius 1 is 0.913 bits per heavy atom. The molecule has 0 aromatic heterocycles. The predicted octanol–water partition coefficient (Wildman–Crippen LogP) is 2.41. The Morgan fingerprint density at radius 3 is 1.74 bits per heavy atom. The van der Waals surface area contributed by atoms with E-state index in [9.17, 15) is 9.59 Å². The van der Waals surface area contributed by atoms with Gasteiger partial charge in [-0.3, -0.25) is 14.5 Å². The molecule has 0 aliphatic rings. The van der Waals surface area contributed by atoms with E-state index in [0.29, 0.717) is 12.7 Å². The molecule has 0 unspecified atom stereocenters. The molecule has 0 rings (SSSR count). The molecule has 2 N–H and O–H groups in total. The average molecular weight is 379 g/mol. The van der Waals surface area contributed by atoms with Crippen molar-refractivity contribution in [2.24, 2.45) is 5.73 Å². The van der Waals surface area contributed by atoms with Gasteiger partial charge in [-0.15, -0.1) is 0 Å². The largest absolute Gasteiger partial charge is 0.437 e. The van der Waals surface area contributed by atoms with E-state index in [0.717, 1.165) is 12.5 Å². The van der Waals surface area contributed by atoms with Crippen LogP contribution in [0.3, 0.4) is 0 Å². The molecular formula is C14H34N2O4Si3. The second-order valence-corrected chi connectivity index (χ2v) is 19.9. The molecule has 0 atom stereocenters. The molecule has 0 spiro atoms. The van der Waals surface area contributed by atoms with Gasteiger partial charge in [0, 0.05) is 20.0 Å². The summed E-state index contributed by atoms with van der Waals surface area (Å²) < 4.78 is 12.8. The molecule has 136 valence electrons. The molecule has 0 saturated heterocycles. The SMILES string of the molecule is CC(=O)N(C[Si](C)(C)O[Si](C)(C)O[Si](C)(C)CCCN)C(C)=O. The number of nitrogens with two attached hydrogens (primary N) is 1. The lowest BCUT2D eigenvalue weighted by Crippen LogP contribution is -2.57. The maximum atomic E-state index is 11.6. The van der Waals surface area contributed by atoms with Crippen LogP contribution in [-0.2, 0) is 17.8 Å². The van der Waals surface area contributed by atoms with Gasteiger partial charge in [-0.05, 0) is 58.3 Å². The van der Waals surface area contributed by atoms with Crippen LogP contribution in [0.4, 0.5) is 0 Å². The van der Waals surface area contributed by atoms with Gasteiger partial charge < -0.3 is 14.0 Å². The number of hydrogen-bond acceptors (Lipinski definition) is 5. The Kier molecular flexibility index (Phi) is 8.55. The fraction of sp³-hybridized carbons (Fsp3) is 0.857. The van der Waals surface area contributed by atoms with E-state index in [2.05, 4.69) is 13.1 Å². The second kappa shape index (κ2) is 8.67. The molecule has 0 aromatic rings. The highest BCUT2D eigenvalue weighted by Gasteiger charge is 2.40. The van der Waals surface area contributed by atoms with Gasteiger partial charge in [0.05, 0.1) is 0 Å². The maximum Gasteiger partial charge on any atom is 0.311 e. The first-order chi connectivity index (χ1) is 10.2. The molecule has 0 radical (unpaired) electrons. The van der Waals surface area contributed by atoms with Crippen LogP contribution in [0.2, 0.25) is 45.3 Å². The molecule has 0 aliphatic heterocycles. The van der Waals surface area contributed by atoms with Crippen LogP contribution in [-0.4, -0.2) is 54.6 Å². The van der Waals surface area contributed by atoms with Crippen LogP contribution < -0.4 is 5.73 Å². The smallest absolute Gasteiger partial charge is 0.311 e. The molecule has 0 aliphatic carbocycles. The van der Waals surface area contributed by atoms with Crippen molar-refractivity contribution in [3.8, 4) is 0 Å². The van der Waals surface area contributed by atoms with Crippen molar-refractivity contribution in [2.45, 2.75) is 65.6 Å². The minimum atomic E-state index is -2.33. The maximum absolute atomic E-state index is 11.6. The summed E-state index contributed by atoms with van der Waals surface area (Å²) in [5.74, 6) is -0.473. The first-order valence-corrected chi connectivity index (χ1v) is 17.2. The van der Waals surface area contributed by atoms with Gasteiger partial charge in [-0.2, -0.15) is 0 Å². The molecule has 9 heteroatoms. The molecule has 2 amide bonds. The second-order valence-electron chi connectivity index (χ2n) is 7.64. The summed E-state index contributed by atoms with van der Waals surface area (Å²) in [7, 11) is -6.38. The summed E-state index contributed by atoms with van der Waals surface area (Å²) >= 11 is 0.